The maximum atomic E-state index is 14.1. The fourth-order valence-corrected chi connectivity index (χ4v) is 6.77. The minimum atomic E-state index is 0.0419. The highest BCUT2D eigenvalue weighted by atomic mass is 35.5. The van der Waals surface area contributed by atoms with Crippen molar-refractivity contribution >= 4 is 38.9 Å². The number of pyridine rings is 1. The highest BCUT2D eigenvalue weighted by Gasteiger charge is 2.32. The molecule has 4 aromatic rings. The van der Waals surface area contributed by atoms with Gasteiger partial charge < -0.3 is 9.80 Å². The SMILES string of the molecule is CCN(C)C1CCC(N(Cc2cccc(-c3cccnc3)c2)C(=O)c2sc3ccccc3c2Cl)CC1. The van der Waals surface area contributed by atoms with Gasteiger partial charge in [-0.25, -0.2) is 0 Å². The molecule has 0 aliphatic heterocycles. The van der Waals surface area contributed by atoms with E-state index in [-0.39, 0.29) is 11.9 Å². The Morgan fingerprint density at radius 3 is 2.47 bits per heavy atom. The second-order valence-electron chi connectivity index (χ2n) is 9.65. The van der Waals surface area contributed by atoms with Crippen LogP contribution < -0.4 is 0 Å². The van der Waals surface area contributed by atoms with Gasteiger partial charge in [0.2, 0.25) is 0 Å². The van der Waals surface area contributed by atoms with E-state index < -0.39 is 0 Å². The highest BCUT2D eigenvalue weighted by molar-refractivity contribution is 7.21. The van der Waals surface area contributed by atoms with Crippen molar-refractivity contribution in [3.05, 3.63) is 88.5 Å². The normalized spacial score (nSPS) is 18.0. The van der Waals surface area contributed by atoms with Crippen molar-refractivity contribution in [2.75, 3.05) is 13.6 Å². The van der Waals surface area contributed by atoms with E-state index in [0.717, 1.165) is 59.0 Å². The molecule has 0 unspecified atom stereocenters. The lowest BCUT2D eigenvalue weighted by Crippen LogP contribution is -2.45. The molecule has 0 saturated heterocycles. The number of aromatic nitrogens is 1. The third kappa shape index (κ3) is 5.19. The van der Waals surface area contributed by atoms with Crippen molar-refractivity contribution in [2.45, 2.75) is 51.2 Å². The highest BCUT2D eigenvalue weighted by Crippen LogP contribution is 2.38. The first-order valence-corrected chi connectivity index (χ1v) is 13.9. The lowest BCUT2D eigenvalue weighted by molar-refractivity contribution is 0.0565. The van der Waals surface area contributed by atoms with E-state index in [2.05, 4.69) is 59.1 Å². The van der Waals surface area contributed by atoms with Crippen LogP contribution in [0.15, 0.2) is 73.1 Å². The summed E-state index contributed by atoms with van der Waals surface area (Å²) in [4.78, 5) is 23.5. The molecule has 186 valence electrons. The molecule has 1 saturated carbocycles. The molecule has 0 radical (unpaired) electrons. The first-order valence-electron chi connectivity index (χ1n) is 12.7. The predicted molar refractivity (Wildman–Crippen MR) is 151 cm³/mol. The molecule has 0 bridgehead atoms. The van der Waals surface area contributed by atoms with Gasteiger partial charge in [-0.1, -0.05) is 61.0 Å². The van der Waals surface area contributed by atoms with Crippen molar-refractivity contribution < 1.29 is 4.79 Å². The average Bonchev–Trinajstić information content (AvgIpc) is 3.28. The molecule has 0 N–H and O–H groups in total. The van der Waals surface area contributed by atoms with Crippen molar-refractivity contribution in [1.82, 2.24) is 14.8 Å². The second-order valence-corrected chi connectivity index (χ2v) is 11.1. The molecule has 2 aromatic heterocycles. The van der Waals surface area contributed by atoms with Gasteiger partial charge in [-0.2, -0.15) is 0 Å². The molecule has 6 heteroatoms. The molecule has 1 fully saturated rings. The number of rotatable bonds is 7. The van der Waals surface area contributed by atoms with E-state index in [1.54, 1.807) is 6.20 Å². The molecule has 2 aromatic carbocycles. The van der Waals surface area contributed by atoms with E-state index in [1.807, 2.05) is 36.5 Å². The Labute approximate surface area is 222 Å². The average molecular weight is 518 g/mol. The number of halogens is 1. The van der Waals surface area contributed by atoms with Gasteiger partial charge >= 0.3 is 0 Å². The lowest BCUT2D eigenvalue weighted by Gasteiger charge is -2.39. The molecule has 0 spiro atoms. The third-order valence-electron chi connectivity index (χ3n) is 7.49. The van der Waals surface area contributed by atoms with Crippen LogP contribution in [0.5, 0.6) is 0 Å². The van der Waals surface area contributed by atoms with Gasteiger partial charge in [-0.3, -0.25) is 9.78 Å². The molecular formula is C30H32ClN3OS. The molecule has 36 heavy (non-hydrogen) atoms. The van der Waals surface area contributed by atoms with Crippen LogP contribution in [0.2, 0.25) is 5.02 Å². The summed E-state index contributed by atoms with van der Waals surface area (Å²) in [5.41, 5.74) is 3.31. The van der Waals surface area contributed by atoms with Crippen molar-refractivity contribution in [2.24, 2.45) is 0 Å². The summed E-state index contributed by atoms with van der Waals surface area (Å²) in [5, 5.41) is 1.54. The summed E-state index contributed by atoms with van der Waals surface area (Å²) >= 11 is 8.28. The number of carbonyl (C=O) groups is 1. The summed E-state index contributed by atoms with van der Waals surface area (Å²) in [6.45, 7) is 3.83. The predicted octanol–water partition coefficient (Wildman–Crippen LogP) is 7.52. The molecular weight excluding hydrogens is 486 g/mol. The van der Waals surface area contributed by atoms with Gasteiger partial charge in [0.15, 0.2) is 0 Å². The van der Waals surface area contributed by atoms with E-state index in [0.29, 0.717) is 22.5 Å². The van der Waals surface area contributed by atoms with Crippen LogP contribution in [0.3, 0.4) is 0 Å². The number of thiophene rings is 1. The monoisotopic (exact) mass is 517 g/mol. The zero-order valence-electron chi connectivity index (χ0n) is 20.9. The van der Waals surface area contributed by atoms with Crippen LogP contribution >= 0.6 is 22.9 Å². The fraction of sp³-hybridized carbons (Fsp3) is 0.333. The van der Waals surface area contributed by atoms with Crippen LogP contribution in [-0.4, -0.2) is 46.4 Å². The summed E-state index contributed by atoms with van der Waals surface area (Å²) in [7, 11) is 2.20. The standard InChI is InChI=1S/C30H32ClN3OS/c1-3-33(2)24-13-15-25(16-14-24)34(30(35)29-28(31)26-11-4-5-12-27(26)36-29)20-21-8-6-9-22(18-21)23-10-7-17-32-19-23/h4-12,17-19,24-25H,3,13-16,20H2,1-2H3. The Bertz CT molecular complexity index is 1330. The van der Waals surface area contributed by atoms with E-state index in [1.165, 1.54) is 11.3 Å². The Morgan fingerprint density at radius 1 is 1.00 bits per heavy atom. The van der Waals surface area contributed by atoms with Gasteiger partial charge in [0.25, 0.3) is 5.91 Å². The summed E-state index contributed by atoms with van der Waals surface area (Å²) in [5.74, 6) is 0.0419. The molecule has 4 nitrogen and oxygen atoms in total. The van der Waals surface area contributed by atoms with Gasteiger partial charge in [0.1, 0.15) is 4.88 Å². The summed E-state index contributed by atoms with van der Waals surface area (Å²) in [6.07, 6.45) is 7.89. The van der Waals surface area contributed by atoms with Gasteiger partial charge in [0.05, 0.1) is 5.02 Å². The van der Waals surface area contributed by atoms with Gasteiger partial charge in [0, 0.05) is 41.1 Å². The number of amides is 1. The topological polar surface area (TPSA) is 36.4 Å². The van der Waals surface area contributed by atoms with E-state index in [4.69, 9.17) is 11.6 Å². The first kappa shape index (κ1) is 24.9. The maximum Gasteiger partial charge on any atom is 0.266 e. The number of fused-ring (bicyclic) bond motifs is 1. The number of nitrogens with zero attached hydrogens (tertiary/aromatic N) is 3. The zero-order valence-corrected chi connectivity index (χ0v) is 22.4. The van der Waals surface area contributed by atoms with Crippen molar-refractivity contribution in [1.29, 1.82) is 0 Å². The van der Waals surface area contributed by atoms with Crippen LogP contribution in [0, 0.1) is 0 Å². The molecule has 5 rings (SSSR count). The molecule has 1 amide bonds. The van der Waals surface area contributed by atoms with Crippen molar-refractivity contribution in [3.8, 4) is 11.1 Å². The van der Waals surface area contributed by atoms with Gasteiger partial charge in [-0.15, -0.1) is 11.3 Å². The molecule has 1 aliphatic carbocycles. The number of hydrogen-bond donors (Lipinski definition) is 0. The van der Waals surface area contributed by atoms with Crippen LogP contribution in [0.1, 0.15) is 47.8 Å². The summed E-state index contributed by atoms with van der Waals surface area (Å²) < 4.78 is 1.05. The number of carbonyl (C=O) groups excluding carboxylic acids is 1. The fourth-order valence-electron chi connectivity index (χ4n) is 5.30. The van der Waals surface area contributed by atoms with Gasteiger partial charge in [-0.05, 0) is 74.2 Å². The molecule has 0 atom stereocenters. The quantitative estimate of drug-likeness (QED) is 0.254. The van der Waals surface area contributed by atoms with E-state index >= 15 is 0 Å². The minimum Gasteiger partial charge on any atom is -0.331 e. The molecule has 2 heterocycles. The maximum absolute atomic E-state index is 14.1. The Morgan fingerprint density at radius 2 is 1.75 bits per heavy atom. The smallest absolute Gasteiger partial charge is 0.266 e. The third-order valence-corrected chi connectivity index (χ3v) is 9.16. The largest absolute Gasteiger partial charge is 0.331 e. The van der Waals surface area contributed by atoms with Crippen LogP contribution in [0.25, 0.3) is 21.2 Å². The van der Waals surface area contributed by atoms with Crippen molar-refractivity contribution in [3.63, 3.8) is 0 Å². The number of hydrogen-bond acceptors (Lipinski definition) is 4. The Hall–Kier alpha value is -2.73. The number of benzene rings is 2. The zero-order chi connectivity index (χ0) is 25.1. The van der Waals surface area contributed by atoms with Crippen LogP contribution in [0.4, 0.5) is 0 Å². The first-order chi connectivity index (χ1) is 17.5. The van der Waals surface area contributed by atoms with E-state index in [9.17, 15) is 4.79 Å². The summed E-state index contributed by atoms with van der Waals surface area (Å²) in [6, 6.07) is 21.3. The molecule has 1 aliphatic rings. The van der Waals surface area contributed by atoms with Crippen LogP contribution in [-0.2, 0) is 6.54 Å². The second kappa shape index (κ2) is 11.1. The minimum absolute atomic E-state index is 0.0419. The Kier molecular flexibility index (Phi) is 7.70. The lowest BCUT2D eigenvalue weighted by atomic mass is 9.89. The Balaban J connectivity index is 1.46.